The summed E-state index contributed by atoms with van der Waals surface area (Å²) in [5, 5.41) is -0.371. The number of benzene rings is 2. The number of ketones is 1. The molecule has 3 unspecified atom stereocenters. The minimum Gasteiger partial charge on any atom is -0.294 e. The van der Waals surface area contributed by atoms with Crippen molar-refractivity contribution in [1.82, 2.24) is 0 Å². The Morgan fingerprint density at radius 3 is 2.05 bits per heavy atom. The van der Waals surface area contributed by atoms with E-state index in [4.69, 9.17) is 11.6 Å². The Kier molecular flexibility index (Phi) is 3.89. The summed E-state index contributed by atoms with van der Waals surface area (Å²) < 4.78 is 0. The molecule has 0 saturated heterocycles. The molecule has 2 aromatic rings. The Bertz CT molecular complexity index is 651. The van der Waals surface area contributed by atoms with Crippen LogP contribution in [-0.2, 0) is 4.79 Å². The molecule has 2 nitrogen and oxygen atoms in total. The van der Waals surface area contributed by atoms with Gasteiger partial charge in [0.25, 0.3) is 0 Å². The molecule has 0 aromatic heterocycles. The van der Waals surface area contributed by atoms with Gasteiger partial charge in [-0.15, -0.1) is 0 Å². The quantitative estimate of drug-likeness (QED) is 0.616. The van der Waals surface area contributed by atoms with Crippen LogP contribution in [0.15, 0.2) is 60.7 Å². The monoisotopic (exact) mass is 298 g/mol. The summed E-state index contributed by atoms with van der Waals surface area (Å²) in [6.07, 6.45) is 0.254. The lowest BCUT2D eigenvalue weighted by Crippen LogP contribution is -2.04. The molecule has 0 bridgehead atoms. The Morgan fingerprint density at radius 1 is 0.905 bits per heavy atom. The number of carbonyl (C=O) groups is 2. The summed E-state index contributed by atoms with van der Waals surface area (Å²) in [4.78, 5) is 23.9. The first-order chi connectivity index (χ1) is 10.2. The predicted octanol–water partition coefficient (Wildman–Crippen LogP) is 4.05. The van der Waals surface area contributed by atoms with Gasteiger partial charge in [-0.2, -0.15) is 0 Å². The van der Waals surface area contributed by atoms with Gasteiger partial charge >= 0.3 is 0 Å². The molecule has 0 heterocycles. The van der Waals surface area contributed by atoms with Crippen LogP contribution < -0.4 is 0 Å². The Hall–Kier alpha value is -1.93. The van der Waals surface area contributed by atoms with Crippen molar-refractivity contribution in [2.75, 3.05) is 0 Å². The van der Waals surface area contributed by atoms with Gasteiger partial charge in [0, 0.05) is 17.9 Å². The van der Waals surface area contributed by atoms with Crippen molar-refractivity contribution in [3.05, 3.63) is 71.8 Å². The topological polar surface area (TPSA) is 34.1 Å². The maximum absolute atomic E-state index is 12.6. The van der Waals surface area contributed by atoms with Crippen molar-refractivity contribution in [3.63, 3.8) is 0 Å². The van der Waals surface area contributed by atoms with Crippen LogP contribution in [0.1, 0.15) is 28.3 Å². The molecule has 0 radical (unpaired) electrons. The lowest BCUT2D eigenvalue weighted by atomic mass is 10.0. The van der Waals surface area contributed by atoms with Crippen molar-refractivity contribution in [3.8, 4) is 0 Å². The first kappa shape index (κ1) is 14.0. The molecule has 0 amide bonds. The molecule has 1 aliphatic rings. The number of hydrogen-bond acceptors (Lipinski definition) is 2. The van der Waals surface area contributed by atoms with Gasteiger partial charge in [0.2, 0.25) is 5.24 Å². The van der Waals surface area contributed by atoms with E-state index in [1.165, 1.54) is 0 Å². The molecule has 1 aliphatic carbocycles. The van der Waals surface area contributed by atoms with Crippen molar-refractivity contribution in [2.45, 2.75) is 12.3 Å². The molecular weight excluding hydrogens is 284 g/mol. The summed E-state index contributed by atoms with van der Waals surface area (Å²) in [6, 6.07) is 19.1. The van der Waals surface area contributed by atoms with Crippen molar-refractivity contribution >= 4 is 22.6 Å². The molecule has 3 heteroatoms. The van der Waals surface area contributed by atoms with Crippen LogP contribution in [0.25, 0.3) is 0 Å². The third kappa shape index (κ3) is 2.91. The van der Waals surface area contributed by atoms with Gasteiger partial charge in [0.15, 0.2) is 5.78 Å². The van der Waals surface area contributed by atoms with E-state index in [1.54, 1.807) is 0 Å². The summed E-state index contributed by atoms with van der Waals surface area (Å²) in [5.41, 5.74) is 1.81. The smallest absolute Gasteiger partial charge is 0.221 e. The number of Topliss-reactive ketones (excluding diaryl/α,β-unsaturated/α-hetero) is 1. The van der Waals surface area contributed by atoms with Crippen LogP contribution in [0.5, 0.6) is 0 Å². The van der Waals surface area contributed by atoms with Gasteiger partial charge in [0.1, 0.15) is 0 Å². The molecule has 1 saturated carbocycles. The fourth-order valence-corrected chi connectivity index (χ4v) is 3.27. The highest BCUT2D eigenvalue weighted by Crippen LogP contribution is 2.57. The standard InChI is InChI=1S/C18H15ClO2/c19-15(20)11-14-16(12-7-3-1-4-8-12)17(14)18(21)13-9-5-2-6-10-13/h1-10,14,16-17H,11H2. The molecule has 0 N–H and O–H groups in total. The van der Waals surface area contributed by atoms with Gasteiger partial charge in [-0.3, -0.25) is 9.59 Å². The summed E-state index contributed by atoms with van der Waals surface area (Å²) in [6.45, 7) is 0. The molecule has 0 spiro atoms. The van der Waals surface area contributed by atoms with Gasteiger partial charge in [-0.1, -0.05) is 60.7 Å². The second-order valence-electron chi connectivity index (χ2n) is 5.42. The minimum absolute atomic E-state index is 0.0186. The molecule has 3 atom stereocenters. The van der Waals surface area contributed by atoms with Crippen LogP contribution in [-0.4, -0.2) is 11.0 Å². The average molecular weight is 299 g/mol. The van der Waals surface area contributed by atoms with E-state index in [1.807, 2.05) is 60.7 Å². The summed E-state index contributed by atoms with van der Waals surface area (Å²) in [5.74, 6) is 0.0802. The SMILES string of the molecule is O=C(Cl)CC1C(C(=O)c2ccccc2)C1c1ccccc1. The third-order valence-corrected chi connectivity index (χ3v) is 4.26. The molecule has 0 aliphatic heterocycles. The molecule has 1 fully saturated rings. The van der Waals surface area contributed by atoms with E-state index in [0.717, 1.165) is 5.56 Å². The van der Waals surface area contributed by atoms with Gasteiger partial charge in [0.05, 0.1) is 0 Å². The zero-order chi connectivity index (χ0) is 14.8. The molecular formula is C18H15ClO2. The zero-order valence-corrected chi connectivity index (χ0v) is 12.2. The zero-order valence-electron chi connectivity index (χ0n) is 11.4. The Balaban J connectivity index is 1.86. The second kappa shape index (κ2) is 5.82. The normalized spacial score (nSPS) is 23.6. The van der Waals surface area contributed by atoms with E-state index in [-0.39, 0.29) is 35.2 Å². The highest BCUT2D eigenvalue weighted by atomic mass is 35.5. The number of rotatable bonds is 5. The largest absolute Gasteiger partial charge is 0.294 e. The van der Waals surface area contributed by atoms with Gasteiger partial charge in [-0.05, 0) is 29.0 Å². The third-order valence-electron chi connectivity index (χ3n) is 4.11. The maximum atomic E-state index is 12.6. The van der Waals surface area contributed by atoms with Crippen LogP contribution >= 0.6 is 11.6 Å². The highest BCUT2D eigenvalue weighted by Gasteiger charge is 2.55. The fraction of sp³-hybridized carbons (Fsp3) is 0.222. The molecule has 3 rings (SSSR count). The van der Waals surface area contributed by atoms with E-state index in [0.29, 0.717) is 5.56 Å². The molecule has 106 valence electrons. The average Bonchev–Trinajstić information content (AvgIpc) is 3.21. The van der Waals surface area contributed by atoms with Crippen LogP contribution in [0.3, 0.4) is 0 Å². The number of hydrogen-bond donors (Lipinski definition) is 0. The van der Waals surface area contributed by atoms with E-state index >= 15 is 0 Å². The number of halogens is 1. The molecule has 2 aromatic carbocycles. The van der Waals surface area contributed by atoms with Crippen molar-refractivity contribution < 1.29 is 9.59 Å². The minimum atomic E-state index is -0.371. The second-order valence-corrected chi connectivity index (χ2v) is 5.84. The van der Waals surface area contributed by atoms with Crippen LogP contribution in [0.2, 0.25) is 0 Å². The van der Waals surface area contributed by atoms with Crippen molar-refractivity contribution in [1.29, 1.82) is 0 Å². The summed E-state index contributed by atoms with van der Waals surface area (Å²) in [7, 11) is 0. The van der Waals surface area contributed by atoms with Crippen LogP contribution in [0.4, 0.5) is 0 Å². The van der Waals surface area contributed by atoms with E-state index in [9.17, 15) is 9.59 Å². The van der Waals surface area contributed by atoms with E-state index in [2.05, 4.69) is 0 Å². The number of carbonyl (C=O) groups excluding carboxylic acids is 2. The lowest BCUT2D eigenvalue weighted by molar-refractivity contribution is -0.112. The van der Waals surface area contributed by atoms with E-state index < -0.39 is 0 Å². The first-order valence-corrected chi connectivity index (χ1v) is 7.39. The lowest BCUT2D eigenvalue weighted by Gasteiger charge is -2.00. The maximum Gasteiger partial charge on any atom is 0.221 e. The predicted molar refractivity (Wildman–Crippen MR) is 82.4 cm³/mol. The van der Waals surface area contributed by atoms with Crippen molar-refractivity contribution in [2.24, 2.45) is 11.8 Å². The Morgan fingerprint density at radius 2 is 1.48 bits per heavy atom. The van der Waals surface area contributed by atoms with Gasteiger partial charge < -0.3 is 0 Å². The van der Waals surface area contributed by atoms with Gasteiger partial charge in [-0.25, -0.2) is 0 Å². The first-order valence-electron chi connectivity index (χ1n) is 7.01. The summed E-state index contributed by atoms with van der Waals surface area (Å²) >= 11 is 5.53. The molecule has 21 heavy (non-hydrogen) atoms. The Labute approximate surface area is 128 Å². The highest BCUT2D eigenvalue weighted by molar-refractivity contribution is 6.63. The fourth-order valence-electron chi connectivity index (χ4n) is 3.10. The van der Waals surface area contributed by atoms with Crippen LogP contribution in [0, 0.1) is 11.8 Å².